The van der Waals surface area contributed by atoms with Crippen LogP contribution in [0.15, 0.2) is 23.2 Å². The lowest BCUT2D eigenvalue weighted by Gasteiger charge is -2.07. The Balaban J connectivity index is 2.35. The Morgan fingerprint density at radius 1 is 1.37 bits per heavy atom. The minimum Gasteiger partial charge on any atom is -0.280 e. The Bertz CT molecular complexity index is 721. The van der Waals surface area contributed by atoms with Crippen molar-refractivity contribution in [2.45, 2.75) is 18.7 Å². The number of nitrogens with zero attached hydrogens (tertiary/aromatic N) is 3. The van der Waals surface area contributed by atoms with Crippen LogP contribution in [0.1, 0.15) is 17.1 Å². The fraction of sp³-hybridized carbons (Fsp3) is 0.182. The van der Waals surface area contributed by atoms with Crippen LogP contribution in [0.5, 0.6) is 0 Å². The molecule has 0 radical (unpaired) electrons. The maximum Gasteiger partial charge on any atom is 0.263 e. The zero-order chi connectivity index (χ0) is 14.0. The number of nitriles is 1. The molecule has 98 valence electrons. The molecule has 0 atom stereocenters. The standard InChI is InChI=1S/C11H11N5O2S/c1-7-11(8(2)15-14-7)16-19(17,18)10-4-3-9(5-12)13-6-10/h3-4,6,16H,1-2H3,(H,14,15). The van der Waals surface area contributed by atoms with E-state index in [1.807, 2.05) is 6.07 Å². The highest BCUT2D eigenvalue weighted by atomic mass is 32.2. The smallest absolute Gasteiger partial charge is 0.263 e. The van der Waals surface area contributed by atoms with E-state index in [1.54, 1.807) is 13.8 Å². The first-order chi connectivity index (χ1) is 8.94. The van der Waals surface area contributed by atoms with E-state index in [9.17, 15) is 8.42 Å². The number of H-pyrrole nitrogens is 1. The highest BCUT2D eigenvalue weighted by Crippen LogP contribution is 2.20. The Morgan fingerprint density at radius 3 is 2.58 bits per heavy atom. The van der Waals surface area contributed by atoms with Crippen LogP contribution in [-0.2, 0) is 10.0 Å². The van der Waals surface area contributed by atoms with Crippen molar-refractivity contribution < 1.29 is 8.42 Å². The van der Waals surface area contributed by atoms with Crippen molar-refractivity contribution >= 4 is 15.7 Å². The molecule has 0 saturated heterocycles. The fourth-order valence-electron chi connectivity index (χ4n) is 1.50. The molecule has 2 rings (SSSR count). The van der Waals surface area contributed by atoms with Gasteiger partial charge in [0.1, 0.15) is 16.7 Å². The van der Waals surface area contributed by atoms with Gasteiger partial charge in [0.2, 0.25) is 0 Å². The topological polar surface area (TPSA) is 112 Å². The van der Waals surface area contributed by atoms with Crippen molar-refractivity contribution in [1.82, 2.24) is 15.2 Å². The zero-order valence-electron chi connectivity index (χ0n) is 10.3. The molecule has 2 aromatic heterocycles. The van der Waals surface area contributed by atoms with E-state index in [-0.39, 0.29) is 10.6 Å². The molecule has 8 heteroatoms. The first kappa shape index (κ1) is 13.0. The molecule has 0 amide bonds. The number of sulfonamides is 1. The molecule has 0 fully saturated rings. The van der Waals surface area contributed by atoms with Crippen molar-refractivity contribution in [2.75, 3.05) is 4.72 Å². The van der Waals surface area contributed by atoms with Gasteiger partial charge in [-0.3, -0.25) is 9.82 Å². The molecule has 0 aliphatic carbocycles. The summed E-state index contributed by atoms with van der Waals surface area (Å²) < 4.78 is 26.7. The van der Waals surface area contributed by atoms with Gasteiger partial charge in [-0.05, 0) is 26.0 Å². The van der Waals surface area contributed by atoms with Gasteiger partial charge in [-0.2, -0.15) is 10.4 Å². The Hall–Kier alpha value is -2.40. The molecule has 0 aliphatic heterocycles. The summed E-state index contributed by atoms with van der Waals surface area (Å²) in [5.41, 5.74) is 1.77. The van der Waals surface area contributed by atoms with Crippen molar-refractivity contribution in [1.29, 1.82) is 5.26 Å². The van der Waals surface area contributed by atoms with E-state index in [0.717, 1.165) is 6.20 Å². The number of nitrogens with one attached hydrogen (secondary N) is 2. The van der Waals surface area contributed by atoms with Crippen molar-refractivity contribution in [2.24, 2.45) is 0 Å². The first-order valence-electron chi connectivity index (χ1n) is 5.34. The molecule has 7 nitrogen and oxygen atoms in total. The summed E-state index contributed by atoms with van der Waals surface area (Å²) in [5, 5.41) is 15.2. The number of hydrogen-bond donors (Lipinski definition) is 2. The SMILES string of the molecule is Cc1n[nH]c(C)c1NS(=O)(=O)c1ccc(C#N)nc1. The van der Waals surface area contributed by atoms with Gasteiger partial charge in [-0.25, -0.2) is 13.4 Å². The summed E-state index contributed by atoms with van der Waals surface area (Å²) in [7, 11) is -3.74. The number of anilines is 1. The maximum atomic E-state index is 12.1. The second-order valence-electron chi connectivity index (χ2n) is 3.91. The van der Waals surface area contributed by atoms with Crippen LogP contribution in [0, 0.1) is 25.2 Å². The molecule has 0 aromatic carbocycles. The van der Waals surface area contributed by atoms with Crippen LogP contribution in [0.25, 0.3) is 0 Å². The van der Waals surface area contributed by atoms with Gasteiger partial charge in [0.25, 0.3) is 10.0 Å². The van der Waals surface area contributed by atoms with Gasteiger partial charge >= 0.3 is 0 Å². The summed E-state index contributed by atoms with van der Waals surface area (Å²) in [5.74, 6) is 0. The van der Waals surface area contributed by atoms with Gasteiger partial charge in [-0.1, -0.05) is 0 Å². The molecule has 0 saturated carbocycles. The Kier molecular flexibility index (Phi) is 3.23. The van der Waals surface area contributed by atoms with Crippen LogP contribution < -0.4 is 4.72 Å². The summed E-state index contributed by atoms with van der Waals surface area (Å²) in [6.45, 7) is 3.41. The molecule has 0 spiro atoms. The van der Waals surface area contributed by atoms with Gasteiger partial charge in [-0.15, -0.1) is 0 Å². The Morgan fingerprint density at radius 2 is 2.11 bits per heavy atom. The van der Waals surface area contributed by atoms with E-state index >= 15 is 0 Å². The van der Waals surface area contributed by atoms with Crippen LogP contribution in [0.3, 0.4) is 0 Å². The number of pyridine rings is 1. The zero-order valence-corrected chi connectivity index (χ0v) is 11.1. The second kappa shape index (κ2) is 4.70. The van der Waals surface area contributed by atoms with Gasteiger partial charge < -0.3 is 0 Å². The number of aryl methyl sites for hydroxylation is 2. The highest BCUT2D eigenvalue weighted by molar-refractivity contribution is 7.92. The lowest BCUT2D eigenvalue weighted by molar-refractivity contribution is 0.600. The molecule has 0 aliphatic rings. The monoisotopic (exact) mass is 277 g/mol. The highest BCUT2D eigenvalue weighted by Gasteiger charge is 2.18. The molecule has 2 heterocycles. The number of rotatable bonds is 3. The number of hydrogen-bond acceptors (Lipinski definition) is 5. The average Bonchev–Trinajstić information content (AvgIpc) is 2.70. The van der Waals surface area contributed by atoms with E-state index in [2.05, 4.69) is 19.9 Å². The molecule has 2 N–H and O–H groups in total. The van der Waals surface area contributed by atoms with Gasteiger partial charge in [0.15, 0.2) is 0 Å². The lowest BCUT2D eigenvalue weighted by atomic mass is 10.3. The minimum absolute atomic E-state index is 0.00787. The number of aromatic nitrogens is 3. The lowest BCUT2D eigenvalue weighted by Crippen LogP contribution is -2.14. The van der Waals surface area contributed by atoms with Crippen molar-refractivity contribution in [3.8, 4) is 6.07 Å². The number of aromatic amines is 1. The van der Waals surface area contributed by atoms with Gasteiger partial charge in [0, 0.05) is 6.20 Å². The predicted molar refractivity (Wildman–Crippen MR) is 67.8 cm³/mol. The van der Waals surface area contributed by atoms with Crippen LogP contribution in [0.4, 0.5) is 5.69 Å². The molecular formula is C11H11N5O2S. The third kappa shape index (κ3) is 2.56. The largest absolute Gasteiger partial charge is 0.280 e. The third-order valence-electron chi connectivity index (χ3n) is 2.53. The normalized spacial score (nSPS) is 11.0. The van der Waals surface area contributed by atoms with E-state index < -0.39 is 10.0 Å². The maximum absolute atomic E-state index is 12.1. The summed E-state index contributed by atoms with van der Waals surface area (Å²) in [6, 6.07) is 4.51. The molecule has 19 heavy (non-hydrogen) atoms. The van der Waals surface area contributed by atoms with E-state index in [0.29, 0.717) is 17.1 Å². The van der Waals surface area contributed by atoms with Crippen LogP contribution in [0.2, 0.25) is 0 Å². The quantitative estimate of drug-likeness (QED) is 0.872. The third-order valence-corrected chi connectivity index (χ3v) is 3.86. The van der Waals surface area contributed by atoms with E-state index in [4.69, 9.17) is 5.26 Å². The summed E-state index contributed by atoms with van der Waals surface area (Å²) in [6.07, 6.45) is 1.14. The average molecular weight is 277 g/mol. The summed E-state index contributed by atoms with van der Waals surface area (Å²) in [4.78, 5) is 3.73. The molecule has 2 aromatic rings. The van der Waals surface area contributed by atoms with Crippen molar-refractivity contribution in [3.05, 3.63) is 35.4 Å². The second-order valence-corrected chi connectivity index (χ2v) is 5.59. The molecular weight excluding hydrogens is 266 g/mol. The van der Waals surface area contributed by atoms with Crippen LogP contribution >= 0.6 is 0 Å². The summed E-state index contributed by atoms with van der Waals surface area (Å²) >= 11 is 0. The van der Waals surface area contributed by atoms with E-state index in [1.165, 1.54) is 12.1 Å². The fourth-order valence-corrected chi connectivity index (χ4v) is 2.63. The van der Waals surface area contributed by atoms with Gasteiger partial charge in [0.05, 0.1) is 17.1 Å². The van der Waals surface area contributed by atoms with Crippen LogP contribution in [-0.4, -0.2) is 23.6 Å². The predicted octanol–water partition coefficient (Wildman–Crippen LogP) is 1.09. The van der Waals surface area contributed by atoms with Crippen molar-refractivity contribution in [3.63, 3.8) is 0 Å². The molecule has 0 bridgehead atoms. The minimum atomic E-state index is -3.74. The molecule has 0 unspecified atom stereocenters. The first-order valence-corrected chi connectivity index (χ1v) is 6.83. The Labute approximate surface area is 110 Å².